The molecule has 0 bridgehead atoms. The highest BCUT2D eigenvalue weighted by Gasteiger charge is 2.26. The average molecular weight is 328 g/mol. The Kier molecular flexibility index (Phi) is 6.53. The molecule has 0 saturated carbocycles. The second kappa shape index (κ2) is 8.40. The smallest absolute Gasteiger partial charge is 0.309 e. The van der Waals surface area contributed by atoms with Gasteiger partial charge in [-0.1, -0.05) is 0 Å². The van der Waals surface area contributed by atoms with Gasteiger partial charge in [0.15, 0.2) is 4.77 Å². The molecule has 2 rings (SSSR count). The van der Waals surface area contributed by atoms with Crippen LogP contribution in [0.15, 0.2) is 6.33 Å². The van der Waals surface area contributed by atoms with Gasteiger partial charge in [-0.2, -0.15) is 5.10 Å². The van der Waals surface area contributed by atoms with E-state index in [1.165, 1.54) is 0 Å². The van der Waals surface area contributed by atoms with E-state index < -0.39 is 0 Å². The summed E-state index contributed by atoms with van der Waals surface area (Å²) in [7, 11) is 1.67. The predicted molar refractivity (Wildman–Crippen MR) is 83.9 cm³/mol. The quantitative estimate of drug-likeness (QED) is 0.555. The monoisotopic (exact) mass is 328 g/mol. The summed E-state index contributed by atoms with van der Waals surface area (Å²) in [4.78, 5) is 14.0. The van der Waals surface area contributed by atoms with Crippen molar-refractivity contribution in [2.24, 2.45) is 5.92 Å². The van der Waals surface area contributed by atoms with Gasteiger partial charge in [-0.15, -0.1) is 0 Å². The summed E-state index contributed by atoms with van der Waals surface area (Å²) in [6.07, 6.45) is 3.40. The average Bonchev–Trinajstić information content (AvgIpc) is 2.87. The molecule has 8 heteroatoms. The topological polar surface area (TPSA) is 61.5 Å². The molecule has 0 unspecified atom stereocenters. The third-order valence-electron chi connectivity index (χ3n) is 3.87. The molecule has 0 aliphatic carbocycles. The van der Waals surface area contributed by atoms with Gasteiger partial charge in [0, 0.05) is 26.7 Å². The summed E-state index contributed by atoms with van der Waals surface area (Å²) < 4.78 is 14.6. The molecule has 1 aliphatic rings. The van der Waals surface area contributed by atoms with Crippen LogP contribution in [0, 0.1) is 10.7 Å². The lowest BCUT2D eigenvalue weighted by Gasteiger charge is -2.30. The number of piperidine rings is 1. The summed E-state index contributed by atoms with van der Waals surface area (Å²) in [5, 5.41) is 4.33. The van der Waals surface area contributed by atoms with E-state index in [0.717, 1.165) is 25.9 Å². The third-order valence-corrected chi connectivity index (χ3v) is 4.32. The van der Waals surface area contributed by atoms with Crippen molar-refractivity contribution in [2.75, 3.05) is 33.4 Å². The molecule has 7 nitrogen and oxygen atoms in total. The maximum atomic E-state index is 11.7. The number of hydrogen-bond donors (Lipinski definition) is 0. The number of esters is 1. The Labute approximate surface area is 135 Å². The minimum atomic E-state index is -0.0670. The number of likely N-dealkylation sites (tertiary alicyclic amines) is 1. The van der Waals surface area contributed by atoms with Gasteiger partial charge in [-0.3, -0.25) is 9.69 Å². The Balaban J connectivity index is 1.85. The molecule has 124 valence electrons. The van der Waals surface area contributed by atoms with Crippen molar-refractivity contribution in [3.8, 4) is 0 Å². The molecule has 0 amide bonds. The van der Waals surface area contributed by atoms with Crippen LogP contribution in [0.2, 0.25) is 0 Å². The van der Waals surface area contributed by atoms with Crippen molar-refractivity contribution in [1.29, 1.82) is 0 Å². The highest BCUT2D eigenvalue weighted by molar-refractivity contribution is 7.71. The van der Waals surface area contributed by atoms with Crippen molar-refractivity contribution in [1.82, 2.24) is 19.2 Å². The number of methoxy groups -OCH3 is 1. The summed E-state index contributed by atoms with van der Waals surface area (Å²) in [5.74, 6) is -0.0361. The van der Waals surface area contributed by atoms with Crippen LogP contribution in [0.5, 0.6) is 0 Å². The Hall–Kier alpha value is -1.25. The van der Waals surface area contributed by atoms with Crippen LogP contribution >= 0.6 is 12.2 Å². The molecular weight excluding hydrogens is 304 g/mol. The first kappa shape index (κ1) is 17.1. The molecule has 0 N–H and O–H groups in total. The largest absolute Gasteiger partial charge is 0.466 e. The van der Waals surface area contributed by atoms with Crippen LogP contribution < -0.4 is 0 Å². The second-order valence-corrected chi connectivity index (χ2v) is 5.75. The lowest BCUT2D eigenvalue weighted by molar-refractivity contribution is -0.149. The first-order chi connectivity index (χ1) is 10.7. The van der Waals surface area contributed by atoms with Crippen molar-refractivity contribution in [3.05, 3.63) is 11.1 Å². The summed E-state index contributed by atoms with van der Waals surface area (Å²) in [6.45, 7) is 5.99. The molecule has 2 heterocycles. The van der Waals surface area contributed by atoms with Crippen LogP contribution in [-0.4, -0.2) is 58.6 Å². The number of aromatic nitrogens is 3. The van der Waals surface area contributed by atoms with E-state index in [9.17, 15) is 4.79 Å². The molecule has 1 saturated heterocycles. The summed E-state index contributed by atoms with van der Waals surface area (Å²) in [6, 6.07) is 0. The van der Waals surface area contributed by atoms with E-state index in [2.05, 4.69) is 10.00 Å². The molecule has 0 aromatic carbocycles. The fourth-order valence-electron chi connectivity index (χ4n) is 2.57. The predicted octanol–water partition coefficient (Wildman–Crippen LogP) is 1.29. The Bertz CT molecular complexity index is 534. The number of ether oxygens (including phenoxy) is 2. The fourth-order valence-corrected chi connectivity index (χ4v) is 2.81. The van der Waals surface area contributed by atoms with Gasteiger partial charge in [0.2, 0.25) is 0 Å². The minimum Gasteiger partial charge on any atom is -0.466 e. The van der Waals surface area contributed by atoms with Crippen molar-refractivity contribution in [2.45, 2.75) is 33.0 Å². The van der Waals surface area contributed by atoms with Gasteiger partial charge in [-0.25, -0.2) is 4.68 Å². The van der Waals surface area contributed by atoms with Gasteiger partial charge in [0.25, 0.3) is 0 Å². The van der Waals surface area contributed by atoms with Gasteiger partial charge >= 0.3 is 5.97 Å². The first-order valence-corrected chi connectivity index (χ1v) is 8.06. The van der Waals surface area contributed by atoms with E-state index in [1.54, 1.807) is 13.4 Å². The van der Waals surface area contributed by atoms with Gasteiger partial charge < -0.3 is 14.0 Å². The van der Waals surface area contributed by atoms with E-state index in [1.807, 2.05) is 16.2 Å². The number of nitrogens with zero attached hydrogens (tertiary/aromatic N) is 4. The number of rotatable bonds is 7. The number of hydrogen-bond acceptors (Lipinski definition) is 6. The van der Waals surface area contributed by atoms with Crippen molar-refractivity contribution >= 4 is 18.2 Å². The van der Waals surface area contributed by atoms with Crippen LogP contribution in [-0.2, 0) is 27.5 Å². The zero-order valence-electron chi connectivity index (χ0n) is 13.2. The van der Waals surface area contributed by atoms with Crippen LogP contribution in [0.1, 0.15) is 19.8 Å². The van der Waals surface area contributed by atoms with Gasteiger partial charge in [0.05, 0.1) is 25.8 Å². The normalized spacial score (nSPS) is 16.8. The maximum Gasteiger partial charge on any atom is 0.309 e. The lowest BCUT2D eigenvalue weighted by Crippen LogP contribution is -2.38. The van der Waals surface area contributed by atoms with Crippen LogP contribution in [0.4, 0.5) is 0 Å². The molecule has 22 heavy (non-hydrogen) atoms. The fraction of sp³-hybridized carbons (Fsp3) is 0.786. The Morgan fingerprint density at radius 2 is 2.18 bits per heavy atom. The Morgan fingerprint density at radius 3 is 2.82 bits per heavy atom. The Morgan fingerprint density at radius 1 is 1.45 bits per heavy atom. The number of carbonyl (C=O) groups is 1. The molecule has 1 aliphatic heterocycles. The molecule has 0 radical (unpaired) electrons. The van der Waals surface area contributed by atoms with E-state index in [0.29, 0.717) is 31.2 Å². The zero-order valence-corrected chi connectivity index (χ0v) is 14.0. The van der Waals surface area contributed by atoms with Gasteiger partial charge in [0.1, 0.15) is 6.33 Å². The molecular formula is C14H24N4O3S. The standard InChI is InChI=1S/C14H24N4O3S/c1-3-21-13(19)12-4-6-16(7-5-12)11-18-14(22)17(10-15-18)8-9-20-2/h10,12H,3-9,11H2,1-2H3. The summed E-state index contributed by atoms with van der Waals surface area (Å²) >= 11 is 5.41. The zero-order chi connectivity index (χ0) is 15.9. The van der Waals surface area contributed by atoms with Crippen molar-refractivity contribution < 1.29 is 14.3 Å². The minimum absolute atomic E-state index is 0.0310. The maximum absolute atomic E-state index is 11.7. The molecule has 0 atom stereocenters. The molecule has 0 spiro atoms. The molecule has 1 aromatic rings. The lowest BCUT2D eigenvalue weighted by atomic mass is 9.97. The third kappa shape index (κ3) is 4.37. The van der Waals surface area contributed by atoms with Crippen LogP contribution in [0.3, 0.4) is 0 Å². The highest BCUT2D eigenvalue weighted by Crippen LogP contribution is 2.19. The highest BCUT2D eigenvalue weighted by atomic mass is 32.1. The molecule has 1 aromatic heterocycles. The van der Waals surface area contributed by atoms with E-state index in [4.69, 9.17) is 21.7 Å². The SMILES string of the molecule is CCOC(=O)C1CCN(Cn2ncn(CCOC)c2=S)CC1. The van der Waals surface area contributed by atoms with Crippen molar-refractivity contribution in [3.63, 3.8) is 0 Å². The first-order valence-electron chi connectivity index (χ1n) is 7.65. The van der Waals surface area contributed by atoms with E-state index in [-0.39, 0.29) is 11.9 Å². The summed E-state index contributed by atoms with van der Waals surface area (Å²) in [5.41, 5.74) is 0. The van der Waals surface area contributed by atoms with E-state index >= 15 is 0 Å². The molecule has 1 fully saturated rings. The van der Waals surface area contributed by atoms with Crippen LogP contribution in [0.25, 0.3) is 0 Å². The number of carbonyl (C=O) groups excluding carboxylic acids is 1. The van der Waals surface area contributed by atoms with Gasteiger partial charge in [-0.05, 0) is 32.0 Å². The second-order valence-electron chi connectivity index (χ2n) is 5.39.